The lowest BCUT2D eigenvalue weighted by Gasteiger charge is -2.10. The predicted octanol–water partition coefficient (Wildman–Crippen LogP) is 4.58. The van der Waals surface area contributed by atoms with Crippen LogP contribution in [-0.2, 0) is 4.79 Å². The van der Waals surface area contributed by atoms with E-state index in [1.165, 1.54) is 6.42 Å². The average Bonchev–Trinajstić information content (AvgIpc) is 2.59. The Labute approximate surface area is 143 Å². The summed E-state index contributed by atoms with van der Waals surface area (Å²) in [6.45, 7) is 4.83. The number of benzene rings is 2. The molecule has 0 aromatic heterocycles. The third-order valence-corrected chi connectivity index (χ3v) is 3.53. The van der Waals surface area contributed by atoms with Crippen LogP contribution in [0.3, 0.4) is 0 Å². The highest BCUT2D eigenvalue weighted by atomic mass is 16.5. The van der Waals surface area contributed by atoms with Crippen molar-refractivity contribution in [2.45, 2.75) is 33.1 Å². The van der Waals surface area contributed by atoms with Crippen molar-refractivity contribution in [1.29, 1.82) is 0 Å². The predicted molar refractivity (Wildman–Crippen MR) is 96.8 cm³/mol. The molecule has 0 saturated carbocycles. The lowest BCUT2D eigenvalue weighted by Crippen LogP contribution is -2.20. The molecule has 0 aliphatic rings. The number of ether oxygens (including phenoxy) is 2. The molecule has 0 fully saturated rings. The van der Waals surface area contributed by atoms with Gasteiger partial charge in [0.05, 0.1) is 6.61 Å². The Balaban J connectivity index is 1.78. The molecule has 0 atom stereocenters. The molecular weight excluding hydrogens is 302 g/mol. The molecule has 128 valence electrons. The summed E-state index contributed by atoms with van der Waals surface area (Å²) in [5, 5.41) is 2.81. The molecular formula is C20H25NO3. The summed E-state index contributed by atoms with van der Waals surface area (Å²) < 4.78 is 11.2. The van der Waals surface area contributed by atoms with E-state index in [1.54, 1.807) is 0 Å². The zero-order valence-electron chi connectivity index (χ0n) is 14.4. The summed E-state index contributed by atoms with van der Waals surface area (Å²) in [5.74, 6) is 1.21. The zero-order chi connectivity index (χ0) is 17.2. The molecule has 0 aliphatic heterocycles. The van der Waals surface area contributed by atoms with Crippen molar-refractivity contribution in [2.75, 3.05) is 18.5 Å². The lowest BCUT2D eigenvalue weighted by atomic mass is 10.2. The Kier molecular flexibility index (Phi) is 7.15. The molecule has 4 heteroatoms. The quantitative estimate of drug-likeness (QED) is 0.686. The summed E-state index contributed by atoms with van der Waals surface area (Å²) >= 11 is 0. The third kappa shape index (κ3) is 6.32. The van der Waals surface area contributed by atoms with E-state index in [0.717, 1.165) is 29.8 Å². The van der Waals surface area contributed by atoms with Crippen LogP contribution in [0.25, 0.3) is 0 Å². The first-order valence-corrected chi connectivity index (χ1v) is 8.39. The van der Waals surface area contributed by atoms with E-state index in [1.807, 2.05) is 55.5 Å². The SMILES string of the molecule is CCCCCOc1cccc(OCC(=O)Nc2ccc(C)cc2)c1. The number of rotatable bonds is 9. The first kappa shape index (κ1) is 17.9. The van der Waals surface area contributed by atoms with Crippen molar-refractivity contribution in [1.82, 2.24) is 0 Å². The number of carbonyl (C=O) groups is 1. The second-order valence-electron chi connectivity index (χ2n) is 5.73. The summed E-state index contributed by atoms with van der Waals surface area (Å²) in [5.41, 5.74) is 1.92. The number of amides is 1. The van der Waals surface area contributed by atoms with E-state index < -0.39 is 0 Å². The van der Waals surface area contributed by atoms with E-state index in [4.69, 9.17) is 9.47 Å². The number of unbranched alkanes of at least 4 members (excludes halogenated alkanes) is 2. The van der Waals surface area contributed by atoms with Gasteiger partial charge in [-0.15, -0.1) is 0 Å². The van der Waals surface area contributed by atoms with Crippen LogP contribution in [0.15, 0.2) is 48.5 Å². The van der Waals surface area contributed by atoms with Crippen LogP contribution in [0.5, 0.6) is 11.5 Å². The second kappa shape index (κ2) is 9.60. The fraction of sp³-hybridized carbons (Fsp3) is 0.350. The van der Waals surface area contributed by atoms with Gasteiger partial charge >= 0.3 is 0 Å². The Morgan fingerprint density at radius 1 is 1.00 bits per heavy atom. The van der Waals surface area contributed by atoms with Gasteiger partial charge in [0.25, 0.3) is 5.91 Å². The van der Waals surface area contributed by atoms with Gasteiger partial charge in [-0.1, -0.05) is 43.5 Å². The fourth-order valence-corrected chi connectivity index (χ4v) is 2.18. The molecule has 0 radical (unpaired) electrons. The van der Waals surface area contributed by atoms with Gasteiger partial charge < -0.3 is 14.8 Å². The lowest BCUT2D eigenvalue weighted by molar-refractivity contribution is -0.118. The van der Waals surface area contributed by atoms with Gasteiger partial charge in [0.15, 0.2) is 6.61 Å². The molecule has 2 aromatic carbocycles. The van der Waals surface area contributed by atoms with Gasteiger partial charge in [0.1, 0.15) is 11.5 Å². The third-order valence-electron chi connectivity index (χ3n) is 3.53. The molecule has 0 saturated heterocycles. The molecule has 1 N–H and O–H groups in total. The zero-order valence-corrected chi connectivity index (χ0v) is 14.4. The number of nitrogens with one attached hydrogen (secondary N) is 1. The second-order valence-corrected chi connectivity index (χ2v) is 5.73. The Bertz CT molecular complexity index is 638. The summed E-state index contributed by atoms with van der Waals surface area (Å²) in [6.07, 6.45) is 3.37. The van der Waals surface area contributed by atoms with Crippen molar-refractivity contribution in [3.63, 3.8) is 0 Å². The maximum atomic E-state index is 11.9. The molecule has 24 heavy (non-hydrogen) atoms. The topological polar surface area (TPSA) is 47.6 Å². The van der Waals surface area contributed by atoms with Crippen molar-refractivity contribution >= 4 is 11.6 Å². The Hall–Kier alpha value is -2.49. The normalized spacial score (nSPS) is 10.2. The molecule has 1 amide bonds. The molecule has 0 aliphatic carbocycles. The van der Waals surface area contributed by atoms with Crippen LogP contribution in [0.4, 0.5) is 5.69 Å². The number of hydrogen-bond donors (Lipinski definition) is 1. The maximum Gasteiger partial charge on any atom is 0.262 e. The molecule has 0 bridgehead atoms. The van der Waals surface area contributed by atoms with Crippen molar-refractivity contribution in [2.24, 2.45) is 0 Å². The van der Waals surface area contributed by atoms with Crippen molar-refractivity contribution < 1.29 is 14.3 Å². The van der Waals surface area contributed by atoms with Crippen molar-refractivity contribution in [3.8, 4) is 11.5 Å². The number of carbonyl (C=O) groups excluding carboxylic acids is 1. The van der Waals surface area contributed by atoms with Crippen LogP contribution in [-0.4, -0.2) is 19.1 Å². The Morgan fingerprint density at radius 2 is 1.71 bits per heavy atom. The maximum absolute atomic E-state index is 11.9. The van der Waals surface area contributed by atoms with Gasteiger partial charge in [-0.05, 0) is 37.6 Å². The average molecular weight is 327 g/mol. The molecule has 0 unspecified atom stereocenters. The molecule has 4 nitrogen and oxygen atoms in total. The minimum absolute atomic E-state index is 0.0346. The largest absolute Gasteiger partial charge is 0.493 e. The number of aryl methyl sites for hydroxylation is 1. The summed E-state index contributed by atoms with van der Waals surface area (Å²) in [7, 11) is 0. The van der Waals surface area contributed by atoms with E-state index in [-0.39, 0.29) is 12.5 Å². The smallest absolute Gasteiger partial charge is 0.262 e. The van der Waals surface area contributed by atoms with Crippen LogP contribution >= 0.6 is 0 Å². The first-order valence-electron chi connectivity index (χ1n) is 8.39. The van der Waals surface area contributed by atoms with Gasteiger partial charge in [-0.25, -0.2) is 0 Å². The van der Waals surface area contributed by atoms with Gasteiger partial charge in [-0.3, -0.25) is 4.79 Å². The summed E-state index contributed by atoms with van der Waals surface area (Å²) in [6, 6.07) is 15.0. The van der Waals surface area contributed by atoms with Crippen LogP contribution in [0.1, 0.15) is 31.7 Å². The Morgan fingerprint density at radius 3 is 2.42 bits per heavy atom. The molecule has 2 aromatic rings. The van der Waals surface area contributed by atoms with E-state index in [2.05, 4.69) is 12.2 Å². The van der Waals surface area contributed by atoms with Crippen LogP contribution < -0.4 is 14.8 Å². The number of anilines is 1. The molecule has 2 rings (SSSR count). The molecule has 0 spiro atoms. The van der Waals surface area contributed by atoms with E-state index in [9.17, 15) is 4.79 Å². The minimum Gasteiger partial charge on any atom is -0.493 e. The minimum atomic E-state index is -0.187. The summed E-state index contributed by atoms with van der Waals surface area (Å²) in [4.78, 5) is 11.9. The van der Waals surface area contributed by atoms with Crippen LogP contribution in [0.2, 0.25) is 0 Å². The first-order chi connectivity index (χ1) is 11.7. The van der Waals surface area contributed by atoms with Gasteiger partial charge in [0.2, 0.25) is 0 Å². The van der Waals surface area contributed by atoms with Gasteiger partial charge in [-0.2, -0.15) is 0 Å². The van der Waals surface area contributed by atoms with E-state index in [0.29, 0.717) is 12.4 Å². The van der Waals surface area contributed by atoms with Crippen LogP contribution in [0, 0.1) is 6.92 Å². The highest BCUT2D eigenvalue weighted by Gasteiger charge is 2.04. The van der Waals surface area contributed by atoms with Crippen molar-refractivity contribution in [3.05, 3.63) is 54.1 Å². The standard InChI is InChI=1S/C20H25NO3/c1-3-4-5-13-23-18-7-6-8-19(14-18)24-15-20(22)21-17-11-9-16(2)10-12-17/h6-12,14H,3-5,13,15H2,1-2H3,(H,21,22). The highest BCUT2D eigenvalue weighted by molar-refractivity contribution is 5.91. The fourth-order valence-electron chi connectivity index (χ4n) is 2.18. The highest BCUT2D eigenvalue weighted by Crippen LogP contribution is 2.20. The van der Waals surface area contributed by atoms with Gasteiger partial charge in [0, 0.05) is 11.8 Å². The number of hydrogen-bond acceptors (Lipinski definition) is 3. The van der Waals surface area contributed by atoms with E-state index >= 15 is 0 Å². The molecule has 0 heterocycles. The monoisotopic (exact) mass is 327 g/mol.